The first kappa shape index (κ1) is 10.9. The van der Waals surface area contributed by atoms with Crippen LogP contribution in [0.4, 0.5) is 0 Å². The van der Waals surface area contributed by atoms with E-state index < -0.39 is 5.97 Å². The molecule has 68 valence electrons. The van der Waals surface area contributed by atoms with Crippen LogP contribution in [-0.4, -0.2) is 12.4 Å². The van der Waals surface area contributed by atoms with Crippen LogP contribution in [0.15, 0.2) is 12.7 Å². The summed E-state index contributed by atoms with van der Waals surface area (Å²) in [5, 5.41) is 0. The van der Waals surface area contributed by atoms with Gasteiger partial charge in [0.05, 0.1) is 0 Å². The monoisotopic (exact) mass is 170 g/mol. The number of rotatable bonds is 7. The highest BCUT2D eigenvalue weighted by molar-refractivity contribution is 5.76. The molecule has 0 bridgehead atoms. The summed E-state index contributed by atoms with van der Waals surface area (Å²) in [7, 11) is 0. The summed E-state index contributed by atoms with van der Waals surface area (Å²) in [6.45, 7) is 3.76. The molecule has 0 heterocycles. The van der Waals surface area contributed by atoms with E-state index in [1.807, 2.05) is 6.08 Å². The molecule has 0 atom stereocenters. The fraction of sp³-hybridized carbons (Fsp3) is 0.556. The summed E-state index contributed by atoms with van der Waals surface area (Å²) in [6, 6.07) is 0. The van der Waals surface area contributed by atoms with Gasteiger partial charge < -0.3 is 4.74 Å². The second kappa shape index (κ2) is 7.98. The maximum Gasteiger partial charge on any atom is 0.313 e. The van der Waals surface area contributed by atoms with Gasteiger partial charge in [0.1, 0.15) is 0 Å². The normalized spacial score (nSPS) is 9.00. The average molecular weight is 170 g/mol. The Morgan fingerprint density at radius 3 is 2.67 bits per heavy atom. The Balaban J connectivity index is 3.13. The summed E-state index contributed by atoms with van der Waals surface area (Å²) >= 11 is 0. The van der Waals surface area contributed by atoms with Crippen molar-refractivity contribution in [1.29, 1.82) is 0 Å². The lowest BCUT2D eigenvalue weighted by Crippen LogP contribution is -2.01. The molecule has 0 aliphatic heterocycles. The van der Waals surface area contributed by atoms with Crippen molar-refractivity contribution >= 4 is 12.4 Å². The van der Waals surface area contributed by atoms with E-state index in [1.165, 1.54) is 0 Å². The van der Waals surface area contributed by atoms with Crippen LogP contribution in [-0.2, 0) is 14.3 Å². The predicted molar refractivity (Wildman–Crippen MR) is 45.4 cm³/mol. The van der Waals surface area contributed by atoms with Gasteiger partial charge >= 0.3 is 12.4 Å². The summed E-state index contributed by atoms with van der Waals surface area (Å²) in [4.78, 5) is 20.3. The lowest BCUT2D eigenvalue weighted by molar-refractivity contribution is -0.151. The SMILES string of the molecule is C=CCCCCCC(=O)OC=O. The third kappa shape index (κ3) is 6.99. The number of esters is 1. The van der Waals surface area contributed by atoms with E-state index in [2.05, 4.69) is 11.3 Å². The maximum absolute atomic E-state index is 10.6. The third-order valence-electron chi connectivity index (χ3n) is 1.47. The van der Waals surface area contributed by atoms with E-state index in [1.54, 1.807) is 0 Å². The van der Waals surface area contributed by atoms with Crippen LogP contribution in [0.1, 0.15) is 32.1 Å². The van der Waals surface area contributed by atoms with Gasteiger partial charge in [-0.3, -0.25) is 9.59 Å². The first-order valence-electron chi connectivity index (χ1n) is 4.05. The van der Waals surface area contributed by atoms with E-state index >= 15 is 0 Å². The molecule has 0 amide bonds. The van der Waals surface area contributed by atoms with Crippen molar-refractivity contribution in [3.05, 3.63) is 12.7 Å². The second-order valence-corrected chi connectivity index (χ2v) is 2.47. The molecule has 0 fully saturated rings. The number of carbonyl (C=O) groups is 2. The molecule has 12 heavy (non-hydrogen) atoms. The number of allylic oxidation sites excluding steroid dienone is 1. The van der Waals surface area contributed by atoms with Crippen LogP contribution in [0, 0.1) is 0 Å². The molecule has 3 heteroatoms. The molecule has 0 aromatic rings. The van der Waals surface area contributed by atoms with Gasteiger partial charge in [-0.05, 0) is 19.3 Å². The van der Waals surface area contributed by atoms with E-state index in [4.69, 9.17) is 0 Å². The average Bonchev–Trinajstić information content (AvgIpc) is 2.05. The largest absolute Gasteiger partial charge is 0.395 e. The molecule has 0 rings (SSSR count). The van der Waals surface area contributed by atoms with Crippen molar-refractivity contribution in [2.45, 2.75) is 32.1 Å². The molecule has 3 nitrogen and oxygen atoms in total. The zero-order valence-electron chi connectivity index (χ0n) is 7.12. The molecule has 0 saturated carbocycles. The summed E-state index contributed by atoms with van der Waals surface area (Å²) < 4.78 is 4.11. The molecule has 0 aromatic heterocycles. The van der Waals surface area contributed by atoms with Gasteiger partial charge in [0.2, 0.25) is 0 Å². The van der Waals surface area contributed by atoms with Gasteiger partial charge in [0, 0.05) is 6.42 Å². The lowest BCUT2D eigenvalue weighted by Gasteiger charge is -1.96. The Bertz CT molecular complexity index is 152. The molecule has 0 saturated heterocycles. The van der Waals surface area contributed by atoms with E-state index in [0.717, 1.165) is 25.7 Å². The van der Waals surface area contributed by atoms with Crippen molar-refractivity contribution in [3.8, 4) is 0 Å². The van der Waals surface area contributed by atoms with Gasteiger partial charge in [0.15, 0.2) is 0 Å². The molecule has 0 spiro atoms. The highest BCUT2D eigenvalue weighted by Gasteiger charge is 1.99. The van der Waals surface area contributed by atoms with Crippen LogP contribution in [0.5, 0.6) is 0 Å². The van der Waals surface area contributed by atoms with Crippen LogP contribution in [0.25, 0.3) is 0 Å². The van der Waals surface area contributed by atoms with Crippen LogP contribution < -0.4 is 0 Å². The minimum Gasteiger partial charge on any atom is -0.395 e. The topological polar surface area (TPSA) is 43.4 Å². The first-order valence-corrected chi connectivity index (χ1v) is 4.05. The number of carbonyl (C=O) groups excluding carboxylic acids is 2. The molecule has 0 unspecified atom stereocenters. The number of ether oxygens (including phenoxy) is 1. The highest BCUT2D eigenvalue weighted by atomic mass is 16.6. The van der Waals surface area contributed by atoms with E-state index in [9.17, 15) is 9.59 Å². The van der Waals surface area contributed by atoms with Crippen molar-refractivity contribution in [1.82, 2.24) is 0 Å². The number of hydrogen-bond donors (Lipinski definition) is 0. The lowest BCUT2D eigenvalue weighted by atomic mass is 10.1. The predicted octanol–water partition coefficient (Wildman–Crippen LogP) is 1.82. The van der Waals surface area contributed by atoms with E-state index in [0.29, 0.717) is 6.42 Å². The zero-order valence-corrected chi connectivity index (χ0v) is 7.12. The van der Waals surface area contributed by atoms with Crippen LogP contribution in [0.3, 0.4) is 0 Å². The third-order valence-corrected chi connectivity index (χ3v) is 1.47. The molecule has 0 radical (unpaired) electrons. The Labute approximate surface area is 72.4 Å². The number of hydrogen-bond acceptors (Lipinski definition) is 3. The first-order chi connectivity index (χ1) is 5.81. The smallest absolute Gasteiger partial charge is 0.313 e. The quantitative estimate of drug-likeness (QED) is 0.192. The van der Waals surface area contributed by atoms with Crippen LogP contribution >= 0.6 is 0 Å². The Kier molecular flexibility index (Phi) is 7.24. The fourth-order valence-electron chi connectivity index (χ4n) is 0.847. The van der Waals surface area contributed by atoms with Gasteiger partial charge in [-0.25, -0.2) is 0 Å². The van der Waals surface area contributed by atoms with Gasteiger partial charge in [-0.1, -0.05) is 12.5 Å². The molecule has 0 N–H and O–H groups in total. The molecule has 0 aliphatic rings. The summed E-state index contributed by atoms with van der Waals surface area (Å²) in [5.74, 6) is -0.441. The standard InChI is InChI=1S/C9H14O3/c1-2-3-4-5-6-7-9(11)12-8-10/h2,8H,1,3-7H2. The van der Waals surface area contributed by atoms with Gasteiger partial charge in [-0.15, -0.1) is 6.58 Å². The molecule has 0 aromatic carbocycles. The van der Waals surface area contributed by atoms with Crippen molar-refractivity contribution in [2.24, 2.45) is 0 Å². The minimum atomic E-state index is -0.441. The van der Waals surface area contributed by atoms with Gasteiger partial charge in [0.25, 0.3) is 0 Å². The van der Waals surface area contributed by atoms with Crippen molar-refractivity contribution in [3.63, 3.8) is 0 Å². The molecule has 0 aliphatic carbocycles. The Morgan fingerprint density at radius 1 is 1.33 bits per heavy atom. The zero-order chi connectivity index (χ0) is 9.23. The van der Waals surface area contributed by atoms with Crippen LogP contribution in [0.2, 0.25) is 0 Å². The summed E-state index contributed by atoms with van der Waals surface area (Å²) in [5.41, 5.74) is 0. The summed E-state index contributed by atoms with van der Waals surface area (Å²) in [6.07, 6.45) is 5.95. The van der Waals surface area contributed by atoms with E-state index in [-0.39, 0.29) is 6.47 Å². The molecular formula is C9H14O3. The number of unbranched alkanes of at least 4 members (excludes halogenated alkanes) is 3. The fourth-order valence-corrected chi connectivity index (χ4v) is 0.847. The van der Waals surface area contributed by atoms with Crippen molar-refractivity contribution < 1.29 is 14.3 Å². The van der Waals surface area contributed by atoms with Crippen molar-refractivity contribution in [2.75, 3.05) is 0 Å². The maximum atomic E-state index is 10.6. The highest BCUT2D eigenvalue weighted by Crippen LogP contribution is 2.03. The van der Waals surface area contributed by atoms with Gasteiger partial charge in [-0.2, -0.15) is 0 Å². The minimum absolute atomic E-state index is 0.173. The second-order valence-electron chi connectivity index (χ2n) is 2.47. The Morgan fingerprint density at radius 2 is 2.08 bits per heavy atom. The Hall–Kier alpha value is -1.12. The molecular weight excluding hydrogens is 156 g/mol.